The van der Waals surface area contributed by atoms with Crippen LogP contribution in [-0.2, 0) is 22.3 Å². The molecule has 3 aliphatic rings. The number of methoxy groups -OCH3 is 1. The Morgan fingerprint density at radius 3 is 2.39 bits per heavy atom. The first-order valence-electron chi connectivity index (χ1n) is 19.9. The summed E-state index contributed by atoms with van der Waals surface area (Å²) in [5, 5.41) is 19.5. The number of hydrogen-bond donors (Lipinski definition) is 4. The van der Waals surface area contributed by atoms with E-state index in [4.69, 9.17) is 26.8 Å². The molecule has 3 aliphatic heterocycles. The number of amides is 1. The van der Waals surface area contributed by atoms with Gasteiger partial charge in [-0.3, -0.25) is 14.5 Å². The van der Waals surface area contributed by atoms with Gasteiger partial charge in [-0.15, -0.1) is 10.2 Å². The highest BCUT2D eigenvalue weighted by atomic mass is 32.2. The predicted molar refractivity (Wildman–Crippen MR) is 228 cm³/mol. The van der Waals surface area contributed by atoms with E-state index in [9.17, 15) is 18.9 Å². The summed E-state index contributed by atoms with van der Waals surface area (Å²) in [5.41, 5.74) is 17.3. The minimum atomic E-state index is -1.49. The molecule has 0 saturated carbocycles. The molecule has 0 spiro atoms. The number of nitrogens with two attached hydrogens (primary N) is 3. The number of ether oxygens (including phenoxy) is 2. The molecule has 4 aromatic rings. The van der Waals surface area contributed by atoms with Gasteiger partial charge in [-0.2, -0.15) is 0 Å². The van der Waals surface area contributed by atoms with Gasteiger partial charge >= 0.3 is 5.97 Å². The second kappa shape index (κ2) is 18.2. The van der Waals surface area contributed by atoms with Crippen molar-refractivity contribution in [3.63, 3.8) is 0 Å². The molecule has 2 atom stereocenters. The average Bonchev–Trinajstić information content (AvgIpc) is 3.38. The van der Waals surface area contributed by atoms with E-state index in [-0.39, 0.29) is 12.1 Å². The molecule has 1 aromatic heterocycles. The number of carbonyl (C=O) groups is 2. The van der Waals surface area contributed by atoms with Gasteiger partial charge in [-0.25, -0.2) is 14.4 Å². The molecule has 16 nitrogen and oxygen atoms in total. The number of fused-ring (bicyclic) bond motifs is 1. The summed E-state index contributed by atoms with van der Waals surface area (Å²) in [5.74, 6) is 6.43. The summed E-state index contributed by atoms with van der Waals surface area (Å²) in [4.78, 5) is 31.3. The Kier molecular flexibility index (Phi) is 12.8. The molecule has 0 radical (unpaired) electrons. The lowest BCUT2D eigenvalue weighted by molar-refractivity contribution is -0.137. The Labute approximate surface area is 347 Å². The lowest BCUT2D eigenvalue weighted by Gasteiger charge is -2.39. The second-order valence-electron chi connectivity index (χ2n) is 15.6. The number of benzene rings is 3. The van der Waals surface area contributed by atoms with Crippen molar-refractivity contribution in [2.45, 2.75) is 43.5 Å². The lowest BCUT2D eigenvalue weighted by atomic mass is 9.86. The molecule has 4 heterocycles. The minimum absolute atomic E-state index is 0.161. The zero-order chi connectivity index (χ0) is 41.8. The average molecular weight is 827 g/mol. The topological polar surface area (TPSA) is 210 Å². The number of aliphatic carboxylic acids is 1. The van der Waals surface area contributed by atoms with Gasteiger partial charge in [0.15, 0.2) is 11.5 Å². The lowest BCUT2D eigenvalue weighted by Crippen LogP contribution is -2.49. The third-order valence-corrected chi connectivity index (χ3v) is 13.1. The number of piperidine rings is 1. The van der Waals surface area contributed by atoms with Crippen molar-refractivity contribution in [2.75, 3.05) is 93.7 Å². The largest absolute Gasteiger partial charge is 0.494 e. The highest BCUT2D eigenvalue weighted by Crippen LogP contribution is 2.40. The summed E-state index contributed by atoms with van der Waals surface area (Å²) in [6, 6.07) is 18.9. The number of rotatable bonds is 13. The summed E-state index contributed by atoms with van der Waals surface area (Å²) >= 11 is 0. The van der Waals surface area contributed by atoms with Crippen LogP contribution in [0.3, 0.4) is 0 Å². The van der Waals surface area contributed by atoms with Crippen molar-refractivity contribution in [3.05, 3.63) is 88.6 Å². The van der Waals surface area contributed by atoms with Crippen LogP contribution in [0, 0.1) is 12.8 Å². The monoisotopic (exact) mass is 826 g/mol. The van der Waals surface area contributed by atoms with Crippen molar-refractivity contribution < 1.29 is 28.4 Å². The van der Waals surface area contributed by atoms with E-state index in [0.29, 0.717) is 58.9 Å². The number of carboxylic acid groups (broad SMARTS) is 1. The number of nitrogen functional groups attached to an aromatic ring is 1. The van der Waals surface area contributed by atoms with Crippen molar-refractivity contribution >= 4 is 45.7 Å². The van der Waals surface area contributed by atoms with Crippen LogP contribution in [0.4, 0.5) is 22.9 Å². The van der Waals surface area contributed by atoms with E-state index in [1.165, 1.54) is 12.1 Å². The number of carboxylic acids is 1. The van der Waals surface area contributed by atoms with Gasteiger partial charge in [0.2, 0.25) is 0 Å². The number of anilines is 4. The van der Waals surface area contributed by atoms with Gasteiger partial charge in [-0.1, -0.05) is 18.2 Å². The van der Waals surface area contributed by atoms with Crippen LogP contribution in [0.15, 0.2) is 65.6 Å². The molecule has 59 heavy (non-hydrogen) atoms. The maximum Gasteiger partial charge on any atom is 0.304 e. The molecule has 2 fully saturated rings. The Bertz CT molecular complexity index is 2170. The molecular formula is C42H54N10O6S. The Morgan fingerprint density at radius 1 is 0.966 bits per heavy atom. The SMILES string of the molecule is COc1cc(C(CC(=O)O)c2ccc(C)c(CN3CCOc4cc(N5CCN(CC6CCN(c7ccc(C(N)=O)nn7)CC6)CC5)ccc4S3=O)c2)cc(N)c1N(C)N. The smallest absolute Gasteiger partial charge is 0.304 e. The van der Waals surface area contributed by atoms with Crippen LogP contribution in [0.5, 0.6) is 11.5 Å². The molecule has 17 heteroatoms. The highest BCUT2D eigenvalue weighted by molar-refractivity contribution is 7.82. The molecular weight excluding hydrogens is 773 g/mol. The maximum absolute atomic E-state index is 14.2. The standard InChI is InChI=1S/C42H54N10O6S/c1-27-4-5-29(33(24-40(53)54)30-21-34(43)41(48(2)45)37(22-30)57-3)20-31(27)26-52-18-19-58-36-23-32(6-8-38(36)59(52)56)50-16-14-49(15-17-50)25-28-10-12-51(13-11-28)39-9-7-35(42(44)55)46-47-39/h4-9,20-23,28,33H,10-19,24-26,43,45H2,1-3H3,(H2,44,55)(H,53,54). The Balaban J connectivity index is 0.973. The number of hydrogen-bond acceptors (Lipinski definition) is 13. The van der Waals surface area contributed by atoms with Gasteiger partial charge < -0.3 is 40.9 Å². The van der Waals surface area contributed by atoms with Crippen LogP contribution >= 0.6 is 0 Å². The van der Waals surface area contributed by atoms with E-state index in [2.05, 4.69) is 24.9 Å². The molecule has 1 amide bonds. The molecule has 0 bridgehead atoms. The summed E-state index contributed by atoms with van der Waals surface area (Å²) in [7, 11) is 1.70. The van der Waals surface area contributed by atoms with Crippen molar-refractivity contribution in [1.29, 1.82) is 0 Å². The van der Waals surface area contributed by atoms with E-state index in [0.717, 1.165) is 86.9 Å². The van der Waals surface area contributed by atoms with E-state index in [1.807, 2.05) is 53.7 Å². The van der Waals surface area contributed by atoms with E-state index < -0.39 is 28.8 Å². The highest BCUT2D eigenvalue weighted by Gasteiger charge is 2.29. The van der Waals surface area contributed by atoms with Gasteiger partial charge in [0.25, 0.3) is 5.91 Å². The number of aromatic nitrogens is 2. The molecule has 3 aromatic carbocycles. The first-order chi connectivity index (χ1) is 28.4. The number of hydrazine groups is 1. The fourth-order valence-corrected chi connectivity index (χ4v) is 9.60. The zero-order valence-electron chi connectivity index (χ0n) is 33.9. The van der Waals surface area contributed by atoms with Gasteiger partial charge in [0.1, 0.15) is 34.8 Å². The number of aryl methyl sites for hydroxylation is 1. The minimum Gasteiger partial charge on any atom is -0.494 e. The molecule has 314 valence electrons. The van der Waals surface area contributed by atoms with Crippen LogP contribution < -0.4 is 41.6 Å². The third kappa shape index (κ3) is 9.54. The molecule has 7 N–H and O–H groups in total. The third-order valence-electron chi connectivity index (χ3n) is 11.6. The predicted octanol–water partition coefficient (Wildman–Crippen LogP) is 3.35. The summed E-state index contributed by atoms with van der Waals surface area (Å²) in [6.07, 6.45) is 1.98. The number of carbonyl (C=O) groups excluding carboxylic acids is 1. The van der Waals surface area contributed by atoms with Crippen LogP contribution in [-0.4, -0.2) is 114 Å². The number of primary amides is 1. The Hall–Kier alpha value is -5.49. The van der Waals surface area contributed by atoms with Crippen LogP contribution in [0.1, 0.15) is 57.9 Å². The summed E-state index contributed by atoms with van der Waals surface area (Å²) in [6.45, 7) is 9.77. The molecule has 7 rings (SSSR count). The number of nitrogens with zero attached hydrogens (tertiary/aromatic N) is 7. The zero-order valence-corrected chi connectivity index (χ0v) is 34.7. The van der Waals surface area contributed by atoms with Crippen LogP contribution in [0.25, 0.3) is 0 Å². The summed E-state index contributed by atoms with van der Waals surface area (Å²) < 4.78 is 27.9. The van der Waals surface area contributed by atoms with Crippen molar-refractivity contribution in [3.8, 4) is 11.5 Å². The fourth-order valence-electron chi connectivity index (χ4n) is 8.35. The van der Waals surface area contributed by atoms with E-state index >= 15 is 0 Å². The van der Waals surface area contributed by atoms with Crippen LogP contribution in [0.2, 0.25) is 0 Å². The van der Waals surface area contributed by atoms with Crippen molar-refractivity contribution in [1.82, 2.24) is 19.4 Å². The van der Waals surface area contributed by atoms with Gasteiger partial charge in [0.05, 0.1) is 24.1 Å². The molecule has 2 saturated heterocycles. The first kappa shape index (κ1) is 41.7. The number of piperazine rings is 1. The Morgan fingerprint density at radius 2 is 1.73 bits per heavy atom. The fraction of sp³-hybridized carbons (Fsp3) is 0.429. The molecule has 2 unspecified atom stereocenters. The first-order valence-corrected chi connectivity index (χ1v) is 21.1. The maximum atomic E-state index is 14.2. The van der Waals surface area contributed by atoms with Gasteiger partial charge in [0, 0.05) is 83.6 Å². The normalized spacial score (nSPS) is 18.4. The quantitative estimate of drug-likeness (QED) is 0.0866. The van der Waals surface area contributed by atoms with Crippen molar-refractivity contribution in [2.24, 2.45) is 17.5 Å². The van der Waals surface area contributed by atoms with Gasteiger partial charge in [-0.05, 0) is 84.3 Å². The molecule has 0 aliphatic carbocycles. The second-order valence-corrected chi connectivity index (χ2v) is 17.0. The van der Waals surface area contributed by atoms with E-state index in [1.54, 1.807) is 25.2 Å².